The van der Waals surface area contributed by atoms with Crippen LogP contribution in [-0.2, 0) is 0 Å². The van der Waals surface area contributed by atoms with E-state index in [1.54, 1.807) is 7.05 Å². The molecule has 54 valence electrons. The Morgan fingerprint density at radius 1 is 1.80 bits per heavy atom. The lowest BCUT2D eigenvalue weighted by atomic mass is 10.5. The van der Waals surface area contributed by atoms with E-state index in [2.05, 4.69) is 10.3 Å². The molecule has 10 heavy (non-hydrogen) atoms. The summed E-state index contributed by atoms with van der Waals surface area (Å²) in [5, 5.41) is 13.4. The fraction of sp³-hybridized carbons (Fsp3) is 0.200. The van der Waals surface area contributed by atoms with E-state index in [9.17, 15) is 5.21 Å². The molecule has 0 saturated heterocycles. The zero-order valence-corrected chi connectivity index (χ0v) is 5.53. The Hall–Kier alpha value is -1.52. The minimum atomic E-state index is -0.0426. The number of hydrogen-bond acceptors (Lipinski definition) is 4. The zero-order valence-electron chi connectivity index (χ0n) is 5.53. The second-order valence-electron chi connectivity index (χ2n) is 1.78. The summed E-state index contributed by atoms with van der Waals surface area (Å²) < 4.78 is 0.506. The maximum Gasteiger partial charge on any atom is 0.389 e. The van der Waals surface area contributed by atoms with Gasteiger partial charge < -0.3 is 10.5 Å². The van der Waals surface area contributed by atoms with E-state index >= 15 is 0 Å². The van der Waals surface area contributed by atoms with Gasteiger partial charge in [0.2, 0.25) is 0 Å². The van der Waals surface area contributed by atoms with Crippen molar-refractivity contribution in [3.63, 3.8) is 0 Å². The predicted molar refractivity (Wildman–Crippen MR) is 37.2 cm³/mol. The summed E-state index contributed by atoms with van der Waals surface area (Å²) in [6.45, 7) is 0. The van der Waals surface area contributed by atoms with Crippen LogP contribution in [-0.4, -0.2) is 12.0 Å². The molecule has 0 aromatic carbocycles. The molecule has 0 saturated carbocycles. The molecule has 3 N–H and O–H groups in total. The lowest BCUT2D eigenvalue weighted by Crippen LogP contribution is -2.31. The molecule has 0 fully saturated rings. The largest absolute Gasteiger partial charge is 0.740 e. The number of nitrogens with two attached hydrogens (primary N) is 1. The van der Waals surface area contributed by atoms with Crippen molar-refractivity contribution in [2.45, 2.75) is 0 Å². The average Bonchev–Trinajstić information content (AvgIpc) is 1.95. The van der Waals surface area contributed by atoms with Gasteiger partial charge in [-0.3, -0.25) is 5.73 Å². The molecule has 0 aliphatic rings. The molecule has 0 amide bonds. The number of nitrogen functional groups attached to an aromatic ring is 1. The molecule has 0 aliphatic heterocycles. The molecule has 0 radical (unpaired) electrons. The van der Waals surface area contributed by atoms with Crippen LogP contribution in [0, 0.1) is 5.21 Å². The van der Waals surface area contributed by atoms with Crippen LogP contribution in [0.4, 0.5) is 11.6 Å². The van der Waals surface area contributed by atoms with Crippen molar-refractivity contribution < 1.29 is 4.73 Å². The molecule has 0 aliphatic carbocycles. The third kappa shape index (κ3) is 1.07. The van der Waals surface area contributed by atoms with E-state index < -0.39 is 0 Å². The Morgan fingerprint density at radius 3 is 3.00 bits per heavy atom. The summed E-state index contributed by atoms with van der Waals surface area (Å²) >= 11 is 0. The van der Waals surface area contributed by atoms with Crippen molar-refractivity contribution in [2.75, 3.05) is 18.1 Å². The van der Waals surface area contributed by atoms with E-state index in [-0.39, 0.29) is 5.95 Å². The number of rotatable bonds is 1. The first kappa shape index (κ1) is 6.60. The van der Waals surface area contributed by atoms with Crippen molar-refractivity contribution >= 4 is 11.6 Å². The molecule has 5 nitrogen and oxygen atoms in total. The molecule has 1 aromatic heterocycles. The SMILES string of the molecule is CNc1cnc(N)[n+]([O-])c1. The smallest absolute Gasteiger partial charge is 0.389 e. The van der Waals surface area contributed by atoms with Gasteiger partial charge in [0.1, 0.15) is 11.9 Å². The highest BCUT2D eigenvalue weighted by Crippen LogP contribution is 1.98. The van der Waals surface area contributed by atoms with E-state index in [1.165, 1.54) is 12.4 Å². The zero-order chi connectivity index (χ0) is 7.56. The highest BCUT2D eigenvalue weighted by atomic mass is 16.5. The van der Waals surface area contributed by atoms with E-state index in [1.807, 2.05) is 0 Å². The van der Waals surface area contributed by atoms with Gasteiger partial charge in [-0.2, -0.15) is 0 Å². The molecular formula is C5H8N4O. The Bertz CT molecular complexity index is 237. The number of nitrogens with one attached hydrogen (secondary N) is 1. The maximum atomic E-state index is 10.7. The second-order valence-corrected chi connectivity index (χ2v) is 1.78. The first-order valence-electron chi connectivity index (χ1n) is 2.76. The lowest BCUT2D eigenvalue weighted by Gasteiger charge is -2.04. The van der Waals surface area contributed by atoms with Crippen LogP contribution in [0.5, 0.6) is 0 Å². The fourth-order valence-corrected chi connectivity index (χ4v) is 0.547. The van der Waals surface area contributed by atoms with Crippen molar-refractivity contribution in [1.82, 2.24) is 4.98 Å². The summed E-state index contributed by atoms with van der Waals surface area (Å²) in [6.07, 6.45) is 2.81. The third-order valence-electron chi connectivity index (χ3n) is 1.11. The van der Waals surface area contributed by atoms with Gasteiger partial charge >= 0.3 is 5.95 Å². The molecule has 0 spiro atoms. The second kappa shape index (κ2) is 2.38. The summed E-state index contributed by atoms with van der Waals surface area (Å²) in [6, 6.07) is 0. The average molecular weight is 140 g/mol. The van der Waals surface area contributed by atoms with Gasteiger partial charge in [0.05, 0.1) is 6.20 Å². The Labute approximate surface area is 58.1 Å². The fourth-order valence-electron chi connectivity index (χ4n) is 0.547. The van der Waals surface area contributed by atoms with E-state index in [0.29, 0.717) is 10.4 Å². The minimum absolute atomic E-state index is 0.0426. The van der Waals surface area contributed by atoms with Crippen LogP contribution < -0.4 is 15.8 Å². The van der Waals surface area contributed by atoms with Crippen LogP contribution >= 0.6 is 0 Å². The topological polar surface area (TPSA) is 77.9 Å². The summed E-state index contributed by atoms with van der Waals surface area (Å²) in [4.78, 5) is 3.62. The molecule has 0 atom stereocenters. The Balaban J connectivity index is 3.04. The Morgan fingerprint density at radius 2 is 2.50 bits per heavy atom. The molecule has 0 unspecified atom stereocenters. The van der Waals surface area contributed by atoms with Crippen LogP contribution in [0.2, 0.25) is 0 Å². The lowest BCUT2D eigenvalue weighted by molar-refractivity contribution is -0.591. The van der Waals surface area contributed by atoms with Gasteiger partial charge in [0.15, 0.2) is 0 Å². The third-order valence-corrected chi connectivity index (χ3v) is 1.11. The van der Waals surface area contributed by atoms with Gasteiger partial charge in [-0.15, -0.1) is 0 Å². The van der Waals surface area contributed by atoms with Gasteiger partial charge in [-0.25, -0.2) is 4.73 Å². The molecular weight excluding hydrogens is 132 g/mol. The van der Waals surface area contributed by atoms with Crippen LogP contribution in [0.1, 0.15) is 0 Å². The first-order valence-corrected chi connectivity index (χ1v) is 2.76. The molecule has 1 rings (SSSR count). The van der Waals surface area contributed by atoms with Gasteiger partial charge in [-0.1, -0.05) is 4.98 Å². The van der Waals surface area contributed by atoms with Crippen LogP contribution in [0.25, 0.3) is 0 Å². The summed E-state index contributed by atoms with van der Waals surface area (Å²) in [5.41, 5.74) is 5.80. The van der Waals surface area contributed by atoms with Gasteiger partial charge in [-0.05, 0) is 0 Å². The molecule has 5 heteroatoms. The van der Waals surface area contributed by atoms with Crippen LogP contribution in [0.3, 0.4) is 0 Å². The van der Waals surface area contributed by atoms with E-state index in [0.717, 1.165) is 0 Å². The number of aromatic nitrogens is 2. The maximum absolute atomic E-state index is 10.7. The molecule has 1 aromatic rings. The van der Waals surface area contributed by atoms with E-state index in [4.69, 9.17) is 5.73 Å². The van der Waals surface area contributed by atoms with Crippen molar-refractivity contribution in [3.8, 4) is 0 Å². The quantitative estimate of drug-likeness (QED) is 0.401. The number of hydrogen-bond donors (Lipinski definition) is 2. The van der Waals surface area contributed by atoms with Crippen LogP contribution in [0.15, 0.2) is 12.4 Å². The van der Waals surface area contributed by atoms with Crippen molar-refractivity contribution in [3.05, 3.63) is 17.6 Å². The van der Waals surface area contributed by atoms with Crippen molar-refractivity contribution in [2.24, 2.45) is 0 Å². The summed E-state index contributed by atoms with van der Waals surface area (Å²) in [5.74, 6) is -0.0426. The highest BCUT2D eigenvalue weighted by molar-refractivity contribution is 5.36. The molecule has 1 heterocycles. The van der Waals surface area contributed by atoms with Gasteiger partial charge in [0, 0.05) is 7.05 Å². The number of anilines is 2. The standard InChI is InChI=1S/C5H8N4O/c1-7-4-2-8-5(6)9(10)3-4/h2-3,7H,1H3,(H2,6,8). The van der Waals surface area contributed by atoms with Crippen molar-refractivity contribution in [1.29, 1.82) is 0 Å². The number of nitrogens with zero attached hydrogens (tertiary/aromatic N) is 2. The highest BCUT2D eigenvalue weighted by Gasteiger charge is 1.98. The predicted octanol–water partition coefficient (Wildman–Crippen LogP) is -0.661. The summed E-state index contributed by atoms with van der Waals surface area (Å²) in [7, 11) is 1.70. The normalized spacial score (nSPS) is 9.30. The van der Waals surface area contributed by atoms with Gasteiger partial charge in [0.25, 0.3) is 0 Å². The minimum Gasteiger partial charge on any atom is -0.740 e. The first-order chi connectivity index (χ1) is 4.74. The molecule has 0 bridgehead atoms. The monoisotopic (exact) mass is 140 g/mol. The Kier molecular flexibility index (Phi) is 1.57.